The number of nitrogens with two attached hydrogens (primary N) is 1. The molecule has 0 aromatic heterocycles. The third-order valence-corrected chi connectivity index (χ3v) is 4.48. The van der Waals surface area contributed by atoms with Gasteiger partial charge in [0.15, 0.2) is 0 Å². The van der Waals surface area contributed by atoms with Gasteiger partial charge in [0.25, 0.3) is 0 Å². The first-order valence-corrected chi connectivity index (χ1v) is 7.81. The molecular weight excluding hydrogens is 277 g/mol. The number of ether oxygens (including phenoxy) is 1. The average molecular weight is 300 g/mol. The quantitative estimate of drug-likeness (QED) is 0.824. The molecule has 2 nitrogen and oxygen atoms in total. The topological polar surface area (TPSA) is 35.2 Å². The maximum atomic E-state index is 14.1. The Kier molecular flexibility index (Phi) is 5.42. The van der Waals surface area contributed by atoms with Crippen molar-refractivity contribution < 1.29 is 9.13 Å². The largest absolute Gasteiger partial charge is 0.373 e. The molecule has 2 N–H and O–H groups in total. The number of hydrogen-bond donors (Lipinski definition) is 1. The normalized spacial score (nSPS) is 20.4. The predicted molar refractivity (Wildman–Crippen MR) is 80.4 cm³/mol. The smallest absolute Gasteiger partial charge is 0.129 e. The van der Waals surface area contributed by atoms with E-state index in [4.69, 9.17) is 22.1 Å². The maximum absolute atomic E-state index is 14.1. The van der Waals surface area contributed by atoms with E-state index in [1.54, 1.807) is 12.1 Å². The highest BCUT2D eigenvalue weighted by atomic mass is 35.5. The van der Waals surface area contributed by atoms with Crippen molar-refractivity contribution >= 4 is 11.6 Å². The number of benzene rings is 1. The van der Waals surface area contributed by atoms with Crippen LogP contribution in [-0.4, -0.2) is 12.2 Å². The van der Waals surface area contributed by atoms with Crippen molar-refractivity contribution in [3.05, 3.63) is 34.6 Å². The van der Waals surface area contributed by atoms with Crippen LogP contribution in [0.1, 0.15) is 57.1 Å². The zero-order chi connectivity index (χ0) is 14.6. The van der Waals surface area contributed by atoms with E-state index in [9.17, 15) is 4.39 Å². The molecule has 1 aliphatic rings. The van der Waals surface area contributed by atoms with Gasteiger partial charge in [0, 0.05) is 17.2 Å². The Morgan fingerprint density at radius 2 is 1.95 bits per heavy atom. The Bertz CT molecular complexity index is 444. The molecule has 1 aromatic rings. The lowest BCUT2D eigenvalue weighted by Gasteiger charge is -2.38. The molecular formula is C16H23ClFNO. The van der Waals surface area contributed by atoms with Gasteiger partial charge in [-0.15, -0.1) is 0 Å². The SMILES string of the molecule is CCOC1(C(N)c2ccc(Cl)cc2F)CCCCCC1. The average Bonchev–Trinajstić information content (AvgIpc) is 2.65. The fraction of sp³-hybridized carbons (Fsp3) is 0.625. The van der Waals surface area contributed by atoms with Crippen LogP contribution < -0.4 is 5.73 Å². The minimum absolute atomic E-state index is 0.340. The summed E-state index contributed by atoms with van der Waals surface area (Å²) in [5.41, 5.74) is 6.46. The van der Waals surface area contributed by atoms with E-state index in [-0.39, 0.29) is 5.82 Å². The van der Waals surface area contributed by atoms with Gasteiger partial charge in [-0.25, -0.2) is 4.39 Å². The van der Waals surface area contributed by atoms with E-state index in [1.807, 2.05) is 6.92 Å². The van der Waals surface area contributed by atoms with Gasteiger partial charge in [0.1, 0.15) is 5.82 Å². The summed E-state index contributed by atoms with van der Waals surface area (Å²) in [6.45, 7) is 2.57. The molecule has 1 aliphatic carbocycles. The minimum atomic E-state index is -0.446. The first-order chi connectivity index (χ1) is 9.59. The van der Waals surface area contributed by atoms with Crippen molar-refractivity contribution in [2.45, 2.75) is 57.1 Å². The Morgan fingerprint density at radius 1 is 1.30 bits per heavy atom. The molecule has 1 aromatic carbocycles. The summed E-state index contributed by atoms with van der Waals surface area (Å²) in [5.74, 6) is -0.340. The predicted octanol–water partition coefficient (Wildman–Crippen LogP) is 4.61. The molecule has 0 bridgehead atoms. The van der Waals surface area contributed by atoms with Crippen LogP contribution in [0.4, 0.5) is 4.39 Å². The first-order valence-electron chi connectivity index (χ1n) is 7.43. The highest BCUT2D eigenvalue weighted by Gasteiger charge is 2.39. The lowest BCUT2D eigenvalue weighted by molar-refractivity contribution is -0.0702. The highest BCUT2D eigenvalue weighted by molar-refractivity contribution is 6.30. The van der Waals surface area contributed by atoms with Gasteiger partial charge in [0.05, 0.1) is 11.6 Å². The van der Waals surface area contributed by atoms with Crippen LogP contribution in [0.25, 0.3) is 0 Å². The second-order valence-corrected chi connectivity index (χ2v) is 5.99. The van der Waals surface area contributed by atoms with Crippen molar-refractivity contribution in [2.75, 3.05) is 6.61 Å². The van der Waals surface area contributed by atoms with E-state index in [0.29, 0.717) is 17.2 Å². The molecule has 1 atom stereocenters. The lowest BCUT2D eigenvalue weighted by Crippen LogP contribution is -2.44. The van der Waals surface area contributed by atoms with Gasteiger partial charge >= 0.3 is 0 Å². The van der Waals surface area contributed by atoms with Crippen molar-refractivity contribution in [1.82, 2.24) is 0 Å². The molecule has 0 spiro atoms. The fourth-order valence-corrected chi connectivity index (χ4v) is 3.36. The molecule has 112 valence electrons. The third kappa shape index (κ3) is 3.33. The van der Waals surface area contributed by atoms with Crippen LogP contribution in [0.2, 0.25) is 5.02 Å². The highest BCUT2D eigenvalue weighted by Crippen LogP contribution is 2.40. The van der Waals surface area contributed by atoms with E-state index < -0.39 is 11.6 Å². The molecule has 0 saturated heterocycles. The monoisotopic (exact) mass is 299 g/mol. The Balaban J connectivity index is 2.31. The molecule has 1 unspecified atom stereocenters. The number of rotatable bonds is 4. The summed E-state index contributed by atoms with van der Waals surface area (Å²) in [6.07, 6.45) is 6.36. The molecule has 20 heavy (non-hydrogen) atoms. The summed E-state index contributed by atoms with van der Waals surface area (Å²) in [6, 6.07) is 4.26. The molecule has 1 fully saturated rings. The Labute approximate surface area is 125 Å². The number of hydrogen-bond acceptors (Lipinski definition) is 2. The summed E-state index contributed by atoms with van der Waals surface area (Å²) >= 11 is 5.82. The zero-order valence-electron chi connectivity index (χ0n) is 12.0. The van der Waals surface area contributed by atoms with Crippen molar-refractivity contribution in [3.63, 3.8) is 0 Å². The van der Waals surface area contributed by atoms with Crippen LogP contribution in [-0.2, 0) is 4.74 Å². The fourth-order valence-electron chi connectivity index (χ4n) is 3.20. The number of halogens is 2. The molecule has 4 heteroatoms. The van der Waals surface area contributed by atoms with Crippen molar-refractivity contribution in [2.24, 2.45) is 5.73 Å². The summed E-state index contributed by atoms with van der Waals surface area (Å²) in [7, 11) is 0. The van der Waals surface area contributed by atoms with Crippen LogP contribution >= 0.6 is 11.6 Å². The first kappa shape index (κ1) is 15.7. The van der Waals surface area contributed by atoms with E-state index in [1.165, 1.54) is 18.9 Å². The molecule has 0 amide bonds. The van der Waals surface area contributed by atoms with E-state index in [0.717, 1.165) is 25.7 Å². The van der Waals surface area contributed by atoms with Gasteiger partial charge < -0.3 is 10.5 Å². The van der Waals surface area contributed by atoms with Gasteiger partial charge in [-0.3, -0.25) is 0 Å². The summed E-state index contributed by atoms with van der Waals surface area (Å²) < 4.78 is 20.2. The minimum Gasteiger partial charge on any atom is -0.373 e. The van der Waals surface area contributed by atoms with Crippen LogP contribution in [0, 0.1) is 5.82 Å². The molecule has 0 radical (unpaired) electrons. The van der Waals surface area contributed by atoms with Gasteiger partial charge in [-0.05, 0) is 31.9 Å². The molecule has 1 saturated carbocycles. The molecule has 2 rings (SSSR count). The van der Waals surface area contributed by atoms with Gasteiger partial charge in [-0.2, -0.15) is 0 Å². The second-order valence-electron chi connectivity index (χ2n) is 5.56. The third-order valence-electron chi connectivity index (χ3n) is 4.25. The Morgan fingerprint density at radius 3 is 2.50 bits per heavy atom. The van der Waals surface area contributed by atoms with Crippen LogP contribution in [0.5, 0.6) is 0 Å². The van der Waals surface area contributed by atoms with E-state index >= 15 is 0 Å². The summed E-state index contributed by atoms with van der Waals surface area (Å²) in [4.78, 5) is 0. The lowest BCUT2D eigenvalue weighted by atomic mass is 9.82. The van der Waals surface area contributed by atoms with Gasteiger partial charge in [0.2, 0.25) is 0 Å². The van der Waals surface area contributed by atoms with Gasteiger partial charge in [-0.1, -0.05) is 43.4 Å². The molecule has 0 aliphatic heterocycles. The summed E-state index contributed by atoms with van der Waals surface area (Å²) in [5, 5.41) is 0.393. The molecule has 0 heterocycles. The maximum Gasteiger partial charge on any atom is 0.129 e. The standard InChI is InChI=1S/C16H23ClFNO/c1-2-20-16(9-5-3-4-6-10-16)15(19)13-8-7-12(17)11-14(13)18/h7-8,11,15H,2-6,9-10,19H2,1H3. The Hall–Kier alpha value is -0.640. The second kappa shape index (κ2) is 6.88. The van der Waals surface area contributed by atoms with Crippen LogP contribution in [0.3, 0.4) is 0 Å². The zero-order valence-corrected chi connectivity index (χ0v) is 12.8. The van der Waals surface area contributed by atoms with Crippen LogP contribution in [0.15, 0.2) is 18.2 Å². The van der Waals surface area contributed by atoms with E-state index in [2.05, 4.69) is 0 Å². The van der Waals surface area contributed by atoms with Crippen molar-refractivity contribution in [3.8, 4) is 0 Å². The van der Waals surface area contributed by atoms with Crippen molar-refractivity contribution in [1.29, 1.82) is 0 Å².